The predicted molar refractivity (Wildman–Crippen MR) is 211 cm³/mol. The smallest absolute Gasteiger partial charge is 0.248 e. The number of benzene rings is 6. The first kappa shape index (κ1) is 30.7. The van der Waals surface area contributed by atoms with E-state index in [1.54, 1.807) is 35.5 Å². The van der Waals surface area contributed by atoms with Crippen LogP contribution in [0.25, 0.3) is 99.0 Å². The van der Waals surface area contributed by atoms with Crippen LogP contribution in [0.5, 0.6) is 0 Å². The first-order valence-electron chi connectivity index (χ1n) is 17.0. The van der Waals surface area contributed by atoms with Gasteiger partial charge in [0, 0.05) is 26.9 Å². The Morgan fingerprint density at radius 2 is 1.41 bits per heavy atom. The highest BCUT2D eigenvalue weighted by Gasteiger charge is 2.28. The van der Waals surface area contributed by atoms with Crippen molar-refractivity contribution in [3.05, 3.63) is 134 Å². The number of hydrogen-bond donors (Lipinski definition) is 0. The first-order valence-corrected chi connectivity index (χ1v) is 18.6. The van der Waals surface area contributed by atoms with E-state index in [4.69, 9.17) is 39.0 Å². The molecule has 0 atom stereocenters. The second-order valence-corrected chi connectivity index (χ2v) is 14.6. The molecule has 254 valence electrons. The average Bonchev–Trinajstić information content (AvgIpc) is 4.01. The average molecular weight is 735 g/mol. The summed E-state index contributed by atoms with van der Waals surface area (Å²) in [6.07, 6.45) is 3.41. The molecule has 0 aliphatic carbocycles. The molecule has 0 spiro atoms. The molecule has 5 aromatic heterocycles. The number of fused-ring (bicyclic) bond motifs is 5. The van der Waals surface area contributed by atoms with Crippen LogP contribution in [0.3, 0.4) is 0 Å². The van der Waals surface area contributed by atoms with E-state index in [0.29, 0.717) is 50.9 Å². The normalized spacial score (nSPS) is 11.8. The van der Waals surface area contributed by atoms with Crippen LogP contribution in [0, 0.1) is 0 Å². The highest BCUT2D eigenvalue weighted by Crippen LogP contribution is 2.49. The fraction of sp³-hybridized carbons (Fsp3) is 0. The van der Waals surface area contributed by atoms with E-state index in [1.165, 1.54) is 0 Å². The molecule has 0 unspecified atom stereocenters. The fourth-order valence-corrected chi connectivity index (χ4v) is 9.01. The van der Waals surface area contributed by atoms with Gasteiger partial charge in [-0.25, -0.2) is 34.5 Å². The summed E-state index contributed by atoms with van der Waals surface area (Å²) in [6.45, 7) is 0. The van der Waals surface area contributed by atoms with Crippen LogP contribution in [0.1, 0.15) is 0 Å². The zero-order valence-electron chi connectivity index (χ0n) is 27.9. The lowest BCUT2D eigenvalue weighted by atomic mass is 10.0. The molecule has 0 saturated heterocycles. The molecule has 0 amide bonds. The molecule has 0 fully saturated rings. The standard InChI is InChI=1S/C42H22N8O2S2/c1-3-13-25-23(10-1)12-9-19-33(25)53-39-26(31-22-44-52-50-31)20-30-36(35(39)42-48-29-16-6-8-18-34(29)54-42)49-38(41-47-28-15-5-7-17-32(28)51-41)37(45-30)40-43-21-24-11-2-4-14-27(24)46-40/h1-22H. The molecule has 11 aromatic rings. The minimum atomic E-state index is 0.306. The monoisotopic (exact) mass is 734 g/mol. The maximum Gasteiger partial charge on any atom is 0.248 e. The number of hydrogen-bond acceptors (Lipinski definition) is 12. The first-order chi connectivity index (χ1) is 26.7. The number of aromatic nitrogens is 8. The summed E-state index contributed by atoms with van der Waals surface area (Å²) >= 11 is 3.21. The van der Waals surface area contributed by atoms with Crippen molar-refractivity contribution >= 4 is 77.1 Å². The van der Waals surface area contributed by atoms with Crippen molar-refractivity contribution in [1.29, 1.82) is 0 Å². The lowest BCUT2D eigenvalue weighted by Crippen LogP contribution is -2.02. The van der Waals surface area contributed by atoms with E-state index in [1.807, 2.05) is 78.9 Å². The fourth-order valence-electron chi connectivity index (χ4n) is 6.69. The summed E-state index contributed by atoms with van der Waals surface area (Å²) in [5.41, 5.74) is 7.13. The highest BCUT2D eigenvalue weighted by atomic mass is 32.2. The third-order valence-electron chi connectivity index (χ3n) is 9.22. The maximum absolute atomic E-state index is 6.38. The summed E-state index contributed by atoms with van der Waals surface area (Å²) in [5, 5.41) is 12.3. The Morgan fingerprint density at radius 1 is 0.611 bits per heavy atom. The van der Waals surface area contributed by atoms with E-state index >= 15 is 0 Å². The van der Waals surface area contributed by atoms with Gasteiger partial charge in [-0.2, -0.15) is 0 Å². The Bertz CT molecular complexity index is 3160. The second kappa shape index (κ2) is 12.4. The molecule has 11 rings (SSSR count). The lowest BCUT2D eigenvalue weighted by Gasteiger charge is -2.17. The predicted octanol–water partition coefficient (Wildman–Crippen LogP) is 10.7. The summed E-state index contributed by atoms with van der Waals surface area (Å²) in [4.78, 5) is 32.5. The number of para-hydroxylation sites is 4. The summed E-state index contributed by atoms with van der Waals surface area (Å²) in [5.74, 6) is 0.696. The zero-order valence-corrected chi connectivity index (χ0v) is 29.5. The van der Waals surface area contributed by atoms with Crippen LogP contribution in [-0.2, 0) is 0 Å². The van der Waals surface area contributed by atoms with Gasteiger partial charge >= 0.3 is 0 Å². The third-order valence-corrected chi connectivity index (χ3v) is 11.5. The highest BCUT2D eigenvalue weighted by molar-refractivity contribution is 7.99. The molecule has 12 heteroatoms. The maximum atomic E-state index is 6.38. The van der Waals surface area contributed by atoms with Crippen LogP contribution >= 0.6 is 23.1 Å². The van der Waals surface area contributed by atoms with Crippen molar-refractivity contribution in [2.75, 3.05) is 0 Å². The van der Waals surface area contributed by atoms with Crippen molar-refractivity contribution in [2.24, 2.45) is 0 Å². The van der Waals surface area contributed by atoms with E-state index in [-0.39, 0.29) is 0 Å². The molecule has 0 bridgehead atoms. The van der Waals surface area contributed by atoms with Gasteiger partial charge in [0.05, 0.1) is 33.0 Å². The summed E-state index contributed by atoms with van der Waals surface area (Å²) in [6, 6.07) is 40.2. The van der Waals surface area contributed by atoms with Gasteiger partial charge in [-0.05, 0) is 58.4 Å². The Labute approximate surface area is 313 Å². The number of thiazole rings is 1. The second-order valence-electron chi connectivity index (χ2n) is 12.5. The van der Waals surface area contributed by atoms with Crippen LogP contribution in [-0.4, -0.2) is 40.2 Å². The van der Waals surface area contributed by atoms with Gasteiger partial charge in [-0.3, -0.25) is 0 Å². The van der Waals surface area contributed by atoms with E-state index < -0.39 is 0 Å². The van der Waals surface area contributed by atoms with Gasteiger partial charge in [0.1, 0.15) is 27.4 Å². The molecule has 54 heavy (non-hydrogen) atoms. The van der Waals surface area contributed by atoms with Gasteiger partial charge in [-0.15, -0.1) is 11.3 Å². The van der Waals surface area contributed by atoms with Crippen LogP contribution < -0.4 is 0 Å². The van der Waals surface area contributed by atoms with Gasteiger partial charge in [0.25, 0.3) is 0 Å². The van der Waals surface area contributed by atoms with Crippen LogP contribution in [0.15, 0.2) is 153 Å². The number of rotatable bonds is 6. The Hall–Kier alpha value is -6.89. The summed E-state index contributed by atoms with van der Waals surface area (Å²) in [7, 11) is 0. The molecule has 0 radical (unpaired) electrons. The molecule has 0 N–H and O–H groups in total. The van der Waals surface area contributed by atoms with E-state index in [0.717, 1.165) is 57.8 Å². The van der Waals surface area contributed by atoms with Crippen LogP contribution in [0.4, 0.5) is 0 Å². The van der Waals surface area contributed by atoms with E-state index in [2.05, 4.69) is 52.8 Å². The molecule has 10 nitrogen and oxygen atoms in total. The topological polar surface area (TPSA) is 129 Å². The molecule has 5 heterocycles. The largest absolute Gasteiger partial charge is 0.435 e. The SMILES string of the molecule is c1ccc2nc(-c3nc4cc(-c5cnon5)c(Sc5cccc6ccccc56)c(-c5nc6ccccc6s5)c4nc3-c3nc4ccccc4o3)ncc2c1. The van der Waals surface area contributed by atoms with E-state index in [9.17, 15) is 0 Å². The van der Waals surface area contributed by atoms with Gasteiger partial charge in [-0.1, -0.05) is 95.8 Å². The Kier molecular flexibility index (Phi) is 7.03. The lowest BCUT2D eigenvalue weighted by molar-refractivity contribution is 0.308. The van der Waals surface area contributed by atoms with Crippen molar-refractivity contribution in [2.45, 2.75) is 9.79 Å². The molecule has 0 aliphatic heterocycles. The Balaban J connectivity index is 1.27. The number of oxazole rings is 1. The number of nitrogens with zero attached hydrogens (tertiary/aromatic N) is 8. The summed E-state index contributed by atoms with van der Waals surface area (Å²) < 4.78 is 12.6. The molecular weight excluding hydrogens is 713 g/mol. The molecular formula is C42H22N8O2S2. The van der Waals surface area contributed by atoms with Crippen molar-refractivity contribution in [3.63, 3.8) is 0 Å². The quantitative estimate of drug-likeness (QED) is 0.162. The third kappa shape index (κ3) is 5.11. The van der Waals surface area contributed by atoms with Gasteiger partial charge < -0.3 is 4.42 Å². The minimum Gasteiger partial charge on any atom is -0.435 e. The Morgan fingerprint density at radius 3 is 2.28 bits per heavy atom. The molecule has 0 saturated carbocycles. The molecule has 0 aliphatic rings. The van der Waals surface area contributed by atoms with Crippen molar-refractivity contribution in [3.8, 4) is 44.9 Å². The molecule has 6 aromatic carbocycles. The minimum absolute atomic E-state index is 0.306. The van der Waals surface area contributed by atoms with Gasteiger partial charge in [0.15, 0.2) is 17.1 Å². The van der Waals surface area contributed by atoms with Crippen molar-refractivity contribution in [1.82, 2.24) is 40.2 Å². The van der Waals surface area contributed by atoms with Gasteiger partial charge in [0.2, 0.25) is 5.89 Å². The van der Waals surface area contributed by atoms with Crippen molar-refractivity contribution < 1.29 is 9.05 Å². The van der Waals surface area contributed by atoms with Crippen LogP contribution in [0.2, 0.25) is 0 Å². The zero-order chi connectivity index (χ0) is 35.6.